The summed E-state index contributed by atoms with van der Waals surface area (Å²) in [6.07, 6.45) is 28.2. The normalized spacial score (nSPS) is 19.2. The van der Waals surface area contributed by atoms with Crippen molar-refractivity contribution in [3.63, 3.8) is 0 Å². The molecule has 6 aromatic rings. The van der Waals surface area contributed by atoms with Gasteiger partial charge < -0.3 is 47.8 Å². The van der Waals surface area contributed by atoms with E-state index < -0.39 is 0 Å². The molecule has 14 rings (SSSR count). The molecule has 0 amide bonds. The fraction of sp³-hybridized carbons (Fsp3) is 0.649. The number of hydrogen-bond acceptors (Lipinski definition) is 17. The third kappa shape index (κ3) is 20.0. The number of ether oxygens (including phenoxy) is 3. The van der Waals surface area contributed by atoms with Crippen LogP contribution in [0.5, 0.6) is 17.2 Å². The number of nitriles is 2. The van der Waals surface area contributed by atoms with E-state index in [1.807, 2.05) is 0 Å². The van der Waals surface area contributed by atoms with Crippen LogP contribution in [0.15, 0.2) is 72.3 Å². The lowest BCUT2D eigenvalue weighted by atomic mass is 9.90. The number of piperidine rings is 3. The molecule has 0 atom stereocenters. The molecule has 6 heterocycles. The van der Waals surface area contributed by atoms with Crippen molar-refractivity contribution in [2.24, 2.45) is 35.5 Å². The number of aromatic nitrogens is 3. The standard InChI is InChI=1S/2C28H38N4O2.C21H31N3O2.2ClH/c2*1-31(2)18-25-27(33-19-21-6-7-21)11-9-24-26(30-34-28(24)25)10-8-20-12-14-32(15-13-20)17-23-5-3-4-22(23)16-29;1-24(2)13-18-20(25-14-16-3-4-16)8-6-17-19(23-26-21(17)18)7-5-15-9-11-22-12-10-15;;/h2*9,11,20-21H,3-8,10,12-15,17-19H2,1-2H3;6,8,15-16,22H,3-5,7,9-14H2,1-2H3;2*1H. The van der Waals surface area contributed by atoms with Crippen molar-refractivity contribution in [2.75, 3.05) is 114 Å². The molecule has 3 saturated heterocycles. The molecule has 1 N–H and O–H groups in total. The second-order valence-electron chi connectivity index (χ2n) is 30.0. The van der Waals surface area contributed by atoms with Gasteiger partial charge in [0.15, 0.2) is 16.7 Å². The Balaban J connectivity index is 0.000000157. The maximum Gasteiger partial charge on any atom is 0.175 e. The van der Waals surface area contributed by atoms with E-state index in [1.54, 1.807) is 0 Å². The predicted octanol–water partition coefficient (Wildman–Crippen LogP) is 15.1. The highest BCUT2D eigenvalue weighted by molar-refractivity contribution is 5.87. The van der Waals surface area contributed by atoms with Crippen LogP contribution in [0.2, 0.25) is 0 Å². The number of hydrogen-bond donors (Lipinski definition) is 1. The molecule has 17 nitrogen and oxygen atoms in total. The van der Waals surface area contributed by atoms with Crippen molar-refractivity contribution in [3.05, 3.63) is 92.5 Å². The molecule has 5 aliphatic carbocycles. The van der Waals surface area contributed by atoms with Gasteiger partial charge in [-0.1, -0.05) is 15.5 Å². The number of allylic oxidation sites excluding steroid dienone is 2. The fourth-order valence-electron chi connectivity index (χ4n) is 14.9. The van der Waals surface area contributed by atoms with Crippen LogP contribution in [-0.2, 0) is 38.9 Å². The lowest BCUT2D eigenvalue weighted by molar-refractivity contribution is 0.190. The molecular weight excluding hydrogens is 1250 g/mol. The maximum atomic E-state index is 9.32. The SMILES string of the molecule is CN(C)Cc1c(OCC2CC2)ccc2c(CCC3CCN(CC4=C(C#N)CCC4)CC3)noc12.CN(C)Cc1c(OCC2CC2)ccc2c(CCC3CCN(CC4=C(C#N)CCC4)CC3)noc12.CN(C)Cc1c(OCC2CC2)ccc2c(CCC3CCNCC3)noc12.Cl.Cl. The van der Waals surface area contributed by atoms with Gasteiger partial charge in [-0.15, -0.1) is 24.8 Å². The van der Waals surface area contributed by atoms with Crippen LogP contribution in [0.4, 0.5) is 0 Å². The highest BCUT2D eigenvalue weighted by Crippen LogP contribution is 2.40. The first-order valence-corrected chi connectivity index (χ1v) is 36.3. The summed E-state index contributed by atoms with van der Waals surface area (Å²) in [5.74, 6) is 7.32. The Morgan fingerprint density at radius 3 is 1.07 bits per heavy atom. The molecule has 6 fully saturated rings. The van der Waals surface area contributed by atoms with Gasteiger partial charge in [0.05, 0.1) is 65.7 Å². The Morgan fingerprint density at radius 2 is 0.771 bits per heavy atom. The first-order valence-electron chi connectivity index (χ1n) is 36.3. The van der Waals surface area contributed by atoms with Gasteiger partial charge in [0.2, 0.25) is 0 Å². The summed E-state index contributed by atoms with van der Waals surface area (Å²) >= 11 is 0. The Hall–Kier alpha value is -5.73. The number of benzene rings is 3. The van der Waals surface area contributed by atoms with Gasteiger partial charge in [0.1, 0.15) is 17.2 Å². The van der Waals surface area contributed by atoms with Gasteiger partial charge in [0, 0.05) is 60.0 Å². The summed E-state index contributed by atoms with van der Waals surface area (Å²) in [6, 6.07) is 17.6. The Bertz CT molecular complexity index is 3450. The lowest BCUT2D eigenvalue weighted by Crippen LogP contribution is -2.35. The van der Waals surface area contributed by atoms with Crippen LogP contribution >= 0.6 is 24.8 Å². The second kappa shape index (κ2) is 35.4. The minimum atomic E-state index is 0. The Labute approximate surface area is 583 Å². The molecule has 3 aromatic heterocycles. The van der Waals surface area contributed by atoms with Crippen LogP contribution in [0.3, 0.4) is 0 Å². The molecule has 3 saturated carbocycles. The van der Waals surface area contributed by atoms with E-state index in [2.05, 4.69) is 136 Å². The molecule has 0 bridgehead atoms. The minimum absolute atomic E-state index is 0. The van der Waals surface area contributed by atoms with Crippen molar-refractivity contribution in [1.29, 1.82) is 10.5 Å². The molecule has 3 aromatic carbocycles. The van der Waals surface area contributed by atoms with Crippen LogP contribution < -0.4 is 19.5 Å². The van der Waals surface area contributed by atoms with Gasteiger partial charge in [-0.2, -0.15) is 10.5 Å². The van der Waals surface area contributed by atoms with E-state index >= 15 is 0 Å². The molecule has 19 heteroatoms. The zero-order valence-corrected chi connectivity index (χ0v) is 60.2. The smallest absolute Gasteiger partial charge is 0.175 e. The fourth-order valence-corrected chi connectivity index (χ4v) is 14.9. The first kappa shape index (κ1) is 73.0. The van der Waals surface area contributed by atoms with Gasteiger partial charge in [-0.25, -0.2) is 0 Å². The quantitative estimate of drug-likeness (QED) is 0.0489. The van der Waals surface area contributed by atoms with Crippen LogP contribution in [0.25, 0.3) is 32.9 Å². The summed E-state index contributed by atoms with van der Waals surface area (Å²) in [6.45, 7) is 13.7. The van der Waals surface area contributed by atoms with Gasteiger partial charge in [-0.3, -0.25) is 9.80 Å². The number of halogens is 2. The Kier molecular flexibility index (Phi) is 26.9. The molecular formula is C77H109Cl2N11O6. The molecule has 96 heavy (non-hydrogen) atoms. The number of nitrogens with one attached hydrogen (secondary N) is 1. The van der Waals surface area contributed by atoms with E-state index in [1.165, 1.54) is 94.6 Å². The largest absolute Gasteiger partial charge is 0.493 e. The van der Waals surface area contributed by atoms with E-state index in [-0.39, 0.29) is 24.8 Å². The minimum Gasteiger partial charge on any atom is -0.493 e. The van der Waals surface area contributed by atoms with E-state index in [9.17, 15) is 10.5 Å². The van der Waals surface area contributed by atoms with Crippen molar-refractivity contribution >= 4 is 57.7 Å². The monoisotopic (exact) mass is 1350 g/mol. The summed E-state index contributed by atoms with van der Waals surface area (Å²) < 4.78 is 36.1. The Morgan fingerprint density at radius 1 is 0.448 bits per heavy atom. The maximum absolute atomic E-state index is 9.32. The third-order valence-corrected chi connectivity index (χ3v) is 21.3. The summed E-state index contributed by atoms with van der Waals surface area (Å²) in [5, 5.41) is 39.0. The van der Waals surface area contributed by atoms with E-state index in [0.29, 0.717) is 0 Å². The average molecular weight is 1360 g/mol. The molecule has 8 aliphatic rings. The van der Waals surface area contributed by atoms with E-state index in [0.717, 1.165) is 293 Å². The summed E-state index contributed by atoms with van der Waals surface area (Å²) in [5.41, 5.74) is 14.2. The number of rotatable bonds is 28. The molecule has 0 spiro atoms. The van der Waals surface area contributed by atoms with Crippen LogP contribution in [-0.4, -0.2) is 154 Å². The second-order valence-corrected chi connectivity index (χ2v) is 30.0. The van der Waals surface area contributed by atoms with Crippen molar-refractivity contribution in [3.8, 4) is 29.4 Å². The first-order chi connectivity index (χ1) is 45.9. The van der Waals surface area contributed by atoms with Crippen molar-refractivity contribution in [2.45, 2.75) is 174 Å². The van der Waals surface area contributed by atoms with Gasteiger partial charge in [-0.05, 0) is 319 Å². The molecule has 3 aliphatic heterocycles. The molecule has 522 valence electrons. The van der Waals surface area contributed by atoms with Gasteiger partial charge >= 0.3 is 0 Å². The predicted molar refractivity (Wildman–Crippen MR) is 385 cm³/mol. The van der Waals surface area contributed by atoms with Crippen LogP contribution in [0, 0.1) is 58.2 Å². The molecule has 0 unspecified atom stereocenters. The molecule has 0 radical (unpaired) electrons. The van der Waals surface area contributed by atoms with Crippen molar-refractivity contribution < 1.29 is 27.8 Å². The summed E-state index contributed by atoms with van der Waals surface area (Å²) in [4.78, 5) is 11.6. The highest BCUT2D eigenvalue weighted by atomic mass is 35.5. The van der Waals surface area contributed by atoms with E-state index in [4.69, 9.17) is 27.8 Å². The number of nitrogens with zero attached hydrogens (tertiary/aromatic N) is 10. The number of fused-ring (bicyclic) bond motifs is 3. The average Bonchev–Trinajstić information content (AvgIpc) is 1.62. The number of likely N-dealkylation sites (tertiary alicyclic amines) is 2. The zero-order valence-electron chi connectivity index (χ0n) is 58.5. The highest BCUT2D eigenvalue weighted by Gasteiger charge is 2.30. The number of aryl methyl sites for hydroxylation is 3. The third-order valence-electron chi connectivity index (χ3n) is 21.3. The topological polar surface area (TPSA) is 182 Å². The van der Waals surface area contributed by atoms with Crippen molar-refractivity contribution in [1.82, 2.24) is 45.3 Å². The van der Waals surface area contributed by atoms with Gasteiger partial charge in [0.25, 0.3) is 0 Å². The lowest BCUT2D eigenvalue weighted by Gasteiger charge is -2.32. The summed E-state index contributed by atoms with van der Waals surface area (Å²) in [7, 11) is 12.5. The zero-order chi connectivity index (χ0) is 64.9. The van der Waals surface area contributed by atoms with Crippen LogP contribution in [0.1, 0.15) is 169 Å².